The lowest BCUT2D eigenvalue weighted by molar-refractivity contribution is -0.118. The first kappa shape index (κ1) is 20.7. The predicted molar refractivity (Wildman–Crippen MR) is 123 cm³/mol. The summed E-state index contributed by atoms with van der Waals surface area (Å²) < 4.78 is 7.99. The van der Waals surface area contributed by atoms with Gasteiger partial charge in [0.1, 0.15) is 5.75 Å². The van der Waals surface area contributed by atoms with Gasteiger partial charge in [-0.1, -0.05) is 12.1 Å². The van der Waals surface area contributed by atoms with Gasteiger partial charge in [-0.05, 0) is 61.1 Å². The molecule has 0 saturated carbocycles. The van der Waals surface area contributed by atoms with Gasteiger partial charge in [-0.2, -0.15) is 5.10 Å². The third-order valence-corrected chi connectivity index (χ3v) is 6.57. The van der Waals surface area contributed by atoms with Crippen LogP contribution in [-0.2, 0) is 18.4 Å². The molecule has 7 nitrogen and oxygen atoms in total. The molecule has 2 aliphatic heterocycles. The fraction of sp³-hybridized carbons (Fsp3) is 0.400. The van der Waals surface area contributed by atoms with Crippen molar-refractivity contribution in [2.45, 2.75) is 25.8 Å². The zero-order valence-corrected chi connectivity index (χ0v) is 18.4. The molecule has 1 saturated heterocycles. The summed E-state index contributed by atoms with van der Waals surface area (Å²) in [6.45, 7) is 3.46. The minimum Gasteiger partial charge on any atom is -0.491 e. The van der Waals surface area contributed by atoms with Crippen molar-refractivity contribution >= 4 is 11.6 Å². The smallest absolute Gasteiger partial charge is 0.224 e. The van der Waals surface area contributed by atoms with Gasteiger partial charge in [0.15, 0.2) is 0 Å². The molecule has 0 spiro atoms. The highest BCUT2D eigenvalue weighted by Gasteiger charge is 2.31. The van der Waals surface area contributed by atoms with Crippen LogP contribution in [0, 0.1) is 11.8 Å². The summed E-state index contributed by atoms with van der Waals surface area (Å²) in [5.41, 5.74) is 3.89. The third kappa shape index (κ3) is 4.67. The Bertz CT molecular complexity index is 1080. The minimum atomic E-state index is 0.0686. The second kappa shape index (κ2) is 9.12. The largest absolute Gasteiger partial charge is 0.491 e. The number of ether oxygens (including phenoxy) is 1. The van der Waals surface area contributed by atoms with Crippen LogP contribution in [0.3, 0.4) is 0 Å². The second-order valence-electron chi connectivity index (χ2n) is 8.87. The van der Waals surface area contributed by atoms with Gasteiger partial charge in [0.2, 0.25) is 5.91 Å². The van der Waals surface area contributed by atoms with Gasteiger partial charge < -0.3 is 10.1 Å². The molecule has 0 aliphatic carbocycles. The van der Waals surface area contributed by atoms with Crippen molar-refractivity contribution < 1.29 is 9.53 Å². The first-order valence-corrected chi connectivity index (χ1v) is 11.3. The van der Waals surface area contributed by atoms with Crippen LogP contribution in [-0.4, -0.2) is 45.3 Å². The van der Waals surface area contributed by atoms with E-state index < -0.39 is 0 Å². The number of amides is 1. The van der Waals surface area contributed by atoms with Gasteiger partial charge in [-0.15, -0.1) is 0 Å². The summed E-state index contributed by atoms with van der Waals surface area (Å²) in [6.07, 6.45) is 8.18. The lowest BCUT2D eigenvalue weighted by Gasteiger charge is -2.38. The van der Waals surface area contributed by atoms with Gasteiger partial charge in [0, 0.05) is 44.5 Å². The van der Waals surface area contributed by atoms with Crippen LogP contribution in [0.2, 0.25) is 0 Å². The standard InChI is InChI=1S/C25H29N5O2/c1-29-15-21(14-27-29)18-5-6-23-24(12-18)32-11-8-20-16-30(17-22-4-2-3-9-26-22)10-7-19(20)13-25(31)28-23/h2-6,9,12,14-15,19-20H,7-8,10-11,13,16-17H2,1H3,(H,28,31)/t19-,20-/m0/s1. The van der Waals surface area contributed by atoms with Gasteiger partial charge in [-0.3, -0.25) is 19.4 Å². The summed E-state index contributed by atoms with van der Waals surface area (Å²) in [4.78, 5) is 19.8. The summed E-state index contributed by atoms with van der Waals surface area (Å²) in [7, 11) is 1.90. The lowest BCUT2D eigenvalue weighted by atomic mass is 9.81. The fourth-order valence-corrected chi connectivity index (χ4v) is 4.87. The number of benzene rings is 1. The zero-order valence-electron chi connectivity index (χ0n) is 18.4. The SMILES string of the molecule is Cn1cc(-c2ccc3c(c2)OCC[C@H]2CN(Cc4ccccn4)CC[C@H]2CC(=O)N3)cn1. The lowest BCUT2D eigenvalue weighted by Crippen LogP contribution is -2.42. The van der Waals surface area contributed by atoms with Crippen molar-refractivity contribution in [1.82, 2.24) is 19.7 Å². The summed E-state index contributed by atoms with van der Waals surface area (Å²) in [6, 6.07) is 12.0. The molecule has 0 bridgehead atoms. The van der Waals surface area contributed by atoms with Gasteiger partial charge in [0.05, 0.1) is 24.2 Å². The van der Waals surface area contributed by atoms with E-state index in [1.54, 1.807) is 4.68 Å². The van der Waals surface area contributed by atoms with E-state index in [0.717, 1.165) is 60.7 Å². The number of nitrogens with zero attached hydrogens (tertiary/aromatic N) is 4. The topological polar surface area (TPSA) is 72.3 Å². The van der Waals surface area contributed by atoms with Crippen molar-refractivity contribution in [1.29, 1.82) is 0 Å². The molecule has 2 atom stereocenters. The van der Waals surface area contributed by atoms with Crippen LogP contribution >= 0.6 is 0 Å². The highest BCUT2D eigenvalue weighted by atomic mass is 16.5. The molecule has 1 fully saturated rings. The molecule has 1 aromatic carbocycles. The third-order valence-electron chi connectivity index (χ3n) is 6.57. The zero-order chi connectivity index (χ0) is 21.9. The average Bonchev–Trinajstić information content (AvgIpc) is 3.23. The number of rotatable bonds is 3. The van der Waals surface area contributed by atoms with Crippen LogP contribution < -0.4 is 10.1 Å². The Morgan fingerprint density at radius 2 is 2.09 bits per heavy atom. The number of fused-ring (bicyclic) bond motifs is 2. The predicted octanol–water partition coefficient (Wildman–Crippen LogP) is 3.73. The van der Waals surface area contributed by atoms with Crippen LogP contribution in [0.1, 0.15) is 25.0 Å². The Morgan fingerprint density at radius 3 is 2.91 bits per heavy atom. The van der Waals surface area contributed by atoms with Crippen molar-refractivity contribution in [3.63, 3.8) is 0 Å². The molecular weight excluding hydrogens is 402 g/mol. The van der Waals surface area contributed by atoms with Crippen molar-refractivity contribution in [2.24, 2.45) is 18.9 Å². The van der Waals surface area contributed by atoms with E-state index in [1.165, 1.54) is 0 Å². The van der Waals surface area contributed by atoms with E-state index in [9.17, 15) is 4.79 Å². The van der Waals surface area contributed by atoms with Crippen LogP contribution in [0.4, 0.5) is 5.69 Å². The first-order valence-electron chi connectivity index (χ1n) is 11.3. The molecule has 3 aromatic rings. The molecular formula is C25H29N5O2. The van der Waals surface area contributed by atoms with E-state index >= 15 is 0 Å². The van der Waals surface area contributed by atoms with E-state index in [1.807, 2.05) is 56.0 Å². The molecule has 4 heterocycles. The quantitative estimate of drug-likeness (QED) is 0.684. The number of aromatic nitrogens is 3. The Labute approximate surface area is 188 Å². The van der Waals surface area contributed by atoms with E-state index in [-0.39, 0.29) is 5.91 Å². The van der Waals surface area contributed by atoms with Gasteiger partial charge >= 0.3 is 0 Å². The molecule has 5 rings (SSSR count). The van der Waals surface area contributed by atoms with Gasteiger partial charge in [-0.25, -0.2) is 0 Å². The number of carbonyl (C=O) groups is 1. The number of hydrogen-bond donors (Lipinski definition) is 1. The number of anilines is 1. The molecule has 1 N–H and O–H groups in total. The Hall–Kier alpha value is -3.19. The molecule has 0 unspecified atom stereocenters. The van der Waals surface area contributed by atoms with E-state index in [4.69, 9.17) is 4.74 Å². The highest BCUT2D eigenvalue weighted by Crippen LogP contribution is 2.35. The maximum atomic E-state index is 12.8. The maximum absolute atomic E-state index is 12.8. The first-order chi connectivity index (χ1) is 15.6. The van der Waals surface area contributed by atoms with Crippen molar-refractivity contribution in [3.05, 3.63) is 60.7 Å². The highest BCUT2D eigenvalue weighted by molar-refractivity contribution is 5.93. The molecule has 7 heteroatoms. The number of pyridine rings is 1. The monoisotopic (exact) mass is 431 g/mol. The maximum Gasteiger partial charge on any atom is 0.224 e. The number of nitrogens with one attached hydrogen (secondary N) is 1. The number of carbonyl (C=O) groups excluding carboxylic acids is 1. The fourth-order valence-electron chi connectivity index (χ4n) is 4.87. The Kier molecular flexibility index (Phi) is 5.90. The molecule has 0 radical (unpaired) electrons. The molecule has 32 heavy (non-hydrogen) atoms. The van der Waals surface area contributed by atoms with Crippen LogP contribution in [0.25, 0.3) is 11.1 Å². The second-order valence-corrected chi connectivity index (χ2v) is 8.87. The summed E-state index contributed by atoms with van der Waals surface area (Å²) >= 11 is 0. The van der Waals surface area contributed by atoms with E-state index in [0.29, 0.717) is 24.9 Å². The Morgan fingerprint density at radius 1 is 1.16 bits per heavy atom. The minimum absolute atomic E-state index is 0.0686. The van der Waals surface area contributed by atoms with E-state index in [2.05, 4.69) is 26.4 Å². The van der Waals surface area contributed by atoms with Crippen molar-refractivity contribution in [3.8, 4) is 16.9 Å². The average molecular weight is 432 g/mol. The normalized spacial score (nSPS) is 21.7. The number of piperidine rings is 1. The molecule has 2 aliphatic rings. The number of hydrogen-bond acceptors (Lipinski definition) is 5. The number of likely N-dealkylation sites (tertiary alicyclic amines) is 1. The van der Waals surface area contributed by atoms with Crippen LogP contribution in [0.5, 0.6) is 5.75 Å². The summed E-state index contributed by atoms with van der Waals surface area (Å²) in [5, 5.41) is 7.35. The van der Waals surface area contributed by atoms with Crippen LogP contribution in [0.15, 0.2) is 55.0 Å². The molecule has 1 amide bonds. The van der Waals surface area contributed by atoms with Gasteiger partial charge in [0.25, 0.3) is 0 Å². The molecule has 166 valence electrons. The Balaban J connectivity index is 1.31. The number of aryl methyl sites for hydroxylation is 1. The molecule has 2 aromatic heterocycles. The van der Waals surface area contributed by atoms with Crippen molar-refractivity contribution in [2.75, 3.05) is 25.0 Å². The summed E-state index contributed by atoms with van der Waals surface area (Å²) in [5.74, 6) is 1.61.